The van der Waals surface area contributed by atoms with E-state index < -0.39 is 21.7 Å². The van der Waals surface area contributed by atoms with Gasteiger partial charge in [0, 0.05) is 24.3 Å². The first-order valence-electron chi connectivity index (χ1n) is 9.65. The zero-order valence-electron chi connectivity index (χ0n) is 16.9. The molecule has 162 valence electrons. The molecule has 0 bridgehead atoms. The van der Waals surface area contributed by atoms with Crippen LogP contribution in [0, 0.1) is 18.6 Å². The van der Waals surface area contributed by atoms with Gasteiger partial charge >= 0.3 is 0 Å². The zero-order chi connectivity index (χ0) is 22.4. The summed E-state index contributed by atoms with van der Waals surface area (Å²) < 4.78 is 53.5. The molecule has 0 aromatic heterocycles. The van der Waals surface area contributed by atoms with Crippen molar-refractivity contribution in [2.75, 3.05) is 18.0 Å². The first kappa shape index (κ1) is 22.6. The number of hydrogen-bond donors (Lipinski definition) is 1. The minimum atomic E-state index is -3.79. The number of sulfonamides is 1. The van der Waals surface area contributed by atoms with Crippen LogP contribution in [0.1, 0.15) is 22.3 Å². The maximum atomic E-state index is 13.3. The minimum absolute atomic E-state index is 0.0416. The van der Waals surface area contributed by atoms with E-state index in [1.807, 2.05) is 19.1 Å². The molecule has 1 amide bonds. The highest BCUT2D eigenvalue weighted by atomic mass is 32.2. The highest BCUT2D eigenvalue weighted by Crippen LogP contribution is 2.19. The van der Waals surface area contributed by atoms with Gasteiger partial charge in [-0.15, -0.1) is 0 Å². The number of amides is 1. The number of rotatable bonds is 8. The van der Waals surface area contributed by atoms with Crippen LogP contribution >= 0.6 is 0 Å². The molecule has 0 heterocycles. The van der Waals surface area contributed by atoms with Crippen LogP contribution in [0.5, 0.6) is 0 Å². The van der Waals surface area contributed by atoms with E-state index in [1.165, 1.54) is 41.3 Å². The zero-order valence-corrected chi connectivity index (χ0v) is 17.7. The Kier molecular flexibility index (Phi) is 7.14. The summed E-state index contributed by atoms with van der Waals surface area (Å²) in [7, 11) is -3.79. The average molecular weight is 445 g/mol. The van der Waals surface area contributed by atoms with Gasteiger partial charge in [-0.25, -0.2) is 21.9 Å². The molecule has 0 unspecified atom stereocenters. The van der Waals surface area contributed by atoms with E-state index in [1.54, 1.807) is 12.1 Å². The molecule has 0 spiro atoms. The molecule has 3 aromatic rings. The van der Waals surface area contributed by atoms with E-state index in [9.17, 15) is 22.0 Å². The molecule has 0 fully saturated rings. The lowest BCUT2D eigenvalue weighted by molar-refractivity contribution is 0.0986. The molecule has 3 rings (SSSR count). The van der Waals surface area contributed by atoms with Gasteiger partial charge in [0.2, 0.25) is 10.0 Å². The number of halogens is 2. The molecule has 5 nitrogen and oxygen atoms in total. The molecule has 0 atom stereocenters. The van der Waals surface area contributed by atoms with Crippen molar-refractivity contribution in [3.63, 3.8) is 0 Å². The maximum Gasteiger partial charge on any atom is 0.258 e. The van der Waals surface area contributed by atoms with Crippen molar-refractivity contribution in [1.82, 2.24) is 4.72 Å². The van der Waals surface area contributed by atoms with Crippen LogP contribution in [0.4, 0.5) is 14.5 Å². The molecule has 1 N–H and O–H groups in total. The SMILES string of the molecule is Cc1ccc(C(=O)N(CCCNS(=O)(=O)c2ccc(F)cc2)c2ccc(F)cc2)cc1. The number of benzene rings is 3. The topological polar surface area (TPSA) is 66.5 Å². The minimum Gasteiger partial charge on any atom is -0.308 e. The standard InChI is InChI=1S/C23H22F2N2O3S/c1-17-3-5-18(6-4-17)23(28)27(21-11-7-19(24)8-12-21)16-2-15-26-31(29,30)22-13-9-20(25)10-14-22/h3-14,26H,2,15-16H2,1H3. The second-order valence-electron chi connectivity index (χ2n) is 7.00. The lowest BCUT2D eigenvalue weighted by atomic mass is 10.1. The number of nitrogens with one attached hydrogen (secondary N) is 1. The molecule has 0 aliphatic rings. The fourth-order valence-corrected chi connectivity index (χ4v) is 4.04. The van der Waals surface area contributed by atoms with E-state index in [-0.39, 0.29) is 23.9 Å². The van der Waals surface area contributed by atoms with Gasteiger partial charge in [0.05, 0.1) is 4.90 Å². The van der Waals surface area contributed by atoms with Gasteiger partial charge in [0.25, 0.3) is 5.91 Å². The van der Waals surface area contributed by atoms with Gasteiger partial charge < -0.3 is 4.90 Å². The van der Waals surface area contributed by atoms with Gasteiger partial charge in [-0.2, -0.15) is 0 Å². The highest BCUT2D eigenvalue weighted by Gasteiger charge is 2.19. The van der Waals surface area contributed by atoms with Crippen molar-refractivity contribution in [2.45, 2.75) is 18.2 Å². The summed E-state index contributed by atoms with van der Waals surface area (Å²) in [5, 5.41) is 0. The smallest absolute Gasteiger partial charge is 0.258 e. The molecule has 31 heavy (non-hydrogen) atoms. The Morgan fingerprint density at radius 2 is 1.42 bits per heavy atom. The first-order valence-corrected chi connectivity index (χ1v) is 11.1. The third kappa shape index (κ3) is 5.96. The molecule has 0 saturated heterocycles. The Bertz CT molecular complexity index is 1130. The van der Waals surface area contributed by atoms with E-state index in [0.29, 0.717) is 17.7 Å². The van der Waals surface area contributed by atoms with Gasteiger partial charge in [0.1, 0.15) is 11.6 Å². The van der Waals surface area contributed by atoms with Gasteiger partial charge in [0.15, 0.2) is 0 Å². The molecule has 0 saturated carbocycles. The van der Waals surface area contributed by atoms with Gasteiger partial charge in [-0.3, -0.25) is 4.79 Å². The summed E-state index contributed by atoms with van der Waals surface area (Å²) in [4.78, 5) is 14.5. The van der Waals surface area contributed by atoms with Crippen LogP contribution in [0.2, 0.25) is 0 Å². The number of nitrogens with zero attached hydrogens (tertiary/aromatic N) is 1. The fraction of sp³-hybridized carbons (Fsp3) is 0.174. The molecular weight excluding hydrogens is 422 g/mol. The Balaban J connectivity index is 1.70. The Morgan fingerprint density at radius 3 is 2.00 bits per heavy atom. The van der Waals surface area contributed by atoms with E-state index in [4.69, 9.17) is 0 Å². The quantitative estimate of drug-likeness (QED) is 0.527. The number of anilines is 1. The van der Waals surface area contributed by atoms with E-state index in [0.717, 1.165) is 17.7 Å². The summed E-state index contributed by atoms with van der Waals surface area (Å²) in [5.41, 5.74) is 2.00. The number of carbonyl (C=O) groups is 1. The molecule has 0 aliphatic heterocycles. The van der Waals surface area contributed by atoms with Crippen LogP contribution in [0.3, 0.4) is 0 Å². The van der Waals surface area contributed by atoms with E-state index in [2.05, 4.69) is 4.72 Å². The monoisotopic (exact) mass is 444 g/mol. The summed E-state index contributed by atoms with van der Waals surface area (Å²) in [5.74, 6) is -1.21. The van der Waals surface area contributed by atoms with Gasteiger partial charge in [-0.1, -0.05) is 17.7 Å². The Labute approximate surface area is 180 Å². The molecule has 0 radical (unpaired) electrons. The second-order valence-corrected chi connectivity index (χ2v) is 8.77. The summed E-state index contributed by atoms with van der Waals surface area (Å²) in [6.45, 7) is 2.20. The molecule has 8 heteroatoms. The number of aryl methyl sites for hydroxylation is 1. The van der Waals surface area contributed by atoms with Crippen molar-refractivity contribution in [3.8, 4) is 0 Å². The van der Waals surface area contributed by atoms with Crippen molar-refractivity contribution in [1.29, 1.82) is 0 Å². The van der Waals surface area contributed by atoms with Crippen molar-refractivity contribution in [2.24, 2.45) is 0 Å². The lowest BCUT2D eigenvalue weighted by Crippen LogP contribution is -2.34. The largest absolute Gasteiger partial charge is 0.308 e. The Morgan fingerprint density at radius 1 is 0.871 bits per heavy atom. The van der Waals surface area contributed by atoms with Crippen LogP contribution in [0.15, 0.2) is 77.7 Å². The second kappa shape index (κ2) is 9.80. The van der Waals surface area contributed by atoms with Gasteiger partial charge in [-0.05, 0) is 74.0 Å². The predicted molar refractivity (Wildman–Crippen MR) is 115 cm³/mol. The predicted octanol–water partition coefficient (Wildman–Crippen LogP) is 4.29. The number of carbonyl (C=O) groups excluding carboxylic acids is 1. The normalized spacial score (nSPS) is 11.3. The summed E-state index contributed by atoms with van der Waals surface area (Å²) >= 11 is 0. The average Bonchev–Trinajstić information content (AvgIpc) is 2.75. The van der Waals surface area contributed by atoms with Crippen molar-refractivity contribution >= 4 is 21.6 Å². The third-order valence-corrected chi connectivity index (χ3v) is 6.13. The lowest BCUT2D eigenvalue weighted by Gasteiger charge is -2.23. The summed E-state index contributed by atoms with van der Waals surface area (Å²) in [6.07, 6.45) is 0.315. The third-order valence-electron chi connectivity index (χ3n) is 4.66. The number of hydrogen-bond acceptors (Lipinski definition) is 3. The van der Waals surface area contributed by atoms with Crippen molar-refractivity contribution in [3.05, 3.63) is 95.6 Å². The van der Waals surface area contributed by atoms with E-state index >= 15 is 0 Å². The molecule has 0 aliphatic carbocycles. The maximum absolute atomic E-state index is 13.3. The van der Waals surface area contributed by atoms with Crippen molar-refractivity contribution < 1.29 is 22.0 Å². The molecular formula is C23H22F2N2O3S. The first-order chi connectivity index (χ1) is 14.8. The fourth-order valence-electron chi connectivity index (χ4n) is 2.96. The van der Waals surface area contributed by atoms with Crippen LogP contribution in [0.25, 0.3) is 0 Å². The van der Waals surface area contributed by atoms with Crippen LogP contribution in [-0.4, -0.2) is 27.4 Å². The highest BCUT2D eigenvalue weighted by molar-refractivity contribution is 7.89. The van der Waals surface area contributed by atoms with Crippen LogP contribution < -0.4 is 9.62 Å². The molecule has 3 aromatic carbocycles. The summed E-state index contributed by atoms with van der Waals surface area (Å²) in [6, 6.07) is 17.1. The Hall–Kier alpha value is -3.10. The van der Waals surface area contributed by atoms with Crippen LogP contribution in [-0.2, 0) is 10.0 Å².